The molecule has 3 heterocycles. The number of methoxy groups -OCH3 is 1. The Bertz CT molecular complexity index is 1130. The Balaban J connectivity index is 1.48. The van der Waals surface area contributed by atoms with Crippen LogP contribution in [-0.4, -0.2) is 27.8 Å². The minimum atomic E-state index is -0.211. The summed E-state index contributed by atoms with van der Waals surface area (Å²) in [6, 6.07) is 15.0. The van der Waals surface area contributed by atoms with Crippen molar-refractivity contribution < 1.29 is 13.9 Å². The van der Waals surface area contributed by atoms with E-state index in [9.17, 15) is 4.79 Å². The monoisotopic (exact) mass is 388 g/mol. The lowest BCUT2D eigenvalue weighted by Crippen LogP contribution is -2.25. The van der Waals surface area contributed by atoms with E-state index in [4.69, 9.17) is 9.15 Å². The minimum Gasteiger partial charge on any atom is -0.497 e. The van der Waals surface area contributed by atoms with Crippen LogP contribution in [0.4, 0.5) is 0 Å². The number of aromatic nitrogens is 3. The summed E-state index contributed by atoms with van der Waals surface area (Å²) in [7, 11) is 3.36. The van der Waals surface area contributed by atoms with E-state index in [2.05, 4.69) is 15.4 Å². The van der Waals surface area contributed by atoms with Crippen molar-refractivity contribution in [2.45, 2.75) is 6.54 Å². The van der Waals surface area contributed by atoms with Crippen molar-refractivity contribution >= 4 is 5.91 Å². The predicted molar refractivity (Wildman–Crippen MR) is 108 cm³/mol. The first kappa shape index (κ1) is 18.5. The molecule has 4 rings (SSSR count). The Labute approximate surface area is 168 Å². The second-order valence-electron chi connectivity index (χ2n) is 6.51. The Morgan fingerprint density at radius 3 is 2.83 bits per heavy atom. The smallest absolute Gasteiger partial charge is 0.269 e. The minimum absolute atomic E-state index is 0.211. The molecular formula is C22H20N4O3. The molecule has 0 atom stereocenters. The summed E-state index contributed by atoms with van der Waals surface area (Å²) in [5, 5.41) is 7.38. The van der Waals surface area contributed by atoms with E-state index in [0.717, 1.165) is 28.2 Å². The van der Waals surface area contributed by atoms with Crippen LogP contribution in [0.2, 0.25) is 0 Å². The second kappa shape index (κ2) is 8.02. The zero-order valence-electron chi connectivity index (χ0n) is 16.1. The summed E-state index contributed by atoms with van der Waals surface area (Å²) in [6.07, 6.45) is 5.06. The third-order valence-electron chi connectivity index (χ3n) is 4.53. The average Bonchev–Trinajstić information content (AvgIpc) is 3.42. The number of benzene rings is 1. The summed E-state index contributed by atoms with van der Waals surface area (Å²) in [4.78, 5) is 16.9. The fourth-order valence-electron chi connectivity index (χ4n) is 3.04. The van der Waals surface area contributed by atoms with Crippen molar-refractivity contribution in [1.29, 1.82) is 0 Å². The van der Waals surface area contributed by atoms with Crippen molar-refractivity contribution in [1.82, 2.24) is 20.1 Å². The molecule has 0 bridgehead atoms. The van der Waals surface area contributed by atoms with E-state index in [-0.39, 0.29) is 5.91 Å². The number of carbonyl (C=O) groups excluding carboxylic acids is 1. The van der Waals surface area contributed by atoms with Gasteiger partial charge in [0.25, 0.3) is 5.91 Å². The number of amides is 1. The molecule has 29 heavy (non-hydrogen) atoms. The van der Waals surface area contributed by atoms with E-state index < -0.39 is 0 Å². The van der Waals surface area contributed by atoms with Gasteiger partial charge >= 0.3 is 0 Å². The third-order valence-corrected chi connectivity index (χ3v) is 4.53. The average molecular weight is 388 g/mol. The lowest BCUT2D eigenvalue weighted by molar-refractivity contribution is 0.0941. The largest absolute Gasteiger partial charge is 0.497 e. The maximum atomic E-state index is 12.7. The molecule has 146 valence electrons. The molecule has 0 saturated heterocycles. The molecule has 0 aliphatic rings. The molecule has 0 saturated carbocycles. The Kier molecular flexibility index (Phi) is 5.11. The van der Waals surface area contributed by atoms with Crippen molar-refractivity contribution in [2.75, 3.05) is 7.11 Å². The van der Waals surface area contributed by atoms with E-state index in [0.29, 0.717) is 17.9 Å². The van der Waals surface area contributed by atoms with Gasteiger partial charge in [0.05, 0.1) is 19.1 Å². The Morgan fingerprint density at radius 2 is 2.03 bits per heavy atom. The van der Waals surface area contributed by atoms with Crippen molar-refractivity contribution in [3.05, 3.63) is 78.4 Å². The van der Waals surface area contributed by atoms with Gasteiger partial charge in [-0.2, -0.15) is 5.10 Å². The van der Waals surface area contributed by atoms with Crippen molar-refractivity contribution in [3.63, 3.8) is 0 Å². The number of aryl methyl sites for hydroxylation is 1. The summed E-state index contributed by atoms with van der Waals surface area (Å²) >= 11 is 0. The van der Waals surface area contributed by atoms with Crippen molar-refractivity contribution in [2.24, 2.45) is 7.05 Å². The molecule has 7 nitrogen and oxygen atoms in total. The number of pyridine rings is 1. The van der Waals surface area contributed by atoms with E-state index in [1.54, 1.807) is 43.6 Å². The number of rotatable bonds is 6. The quantitative estimate of drug-likeness (QED) is 0.545. The number of ether oxygens (including phenoxy) is 1. The van der Waals surface area contributed by atoms with Crippen LogP contribution in [0.5, 0.6) is 5.75 Å². The second-order valence-corrected chi connectivity index (χ2v) is 6.51. The first-order valence-corrected chi connectivity index (χ1v) is 9.08. The summed E-state index contributed by atoms with van der Waals surface area (Å²) in [5.41, 5.74) is 3.80. The molecule has 0 spiro atoms. The summed E-state index contributed by atoms with van der Waals surface area (Å²) in [6.45, 7) is 0.347. The van der Waals surface area contributed by atoms with Gasteiger partial charge in [0.1, 0.15) is 17.2 Å². The van der Waals surface area contributed by atoms with Crippen molar-refractivity contribution in [3.8, 4) is 28.3 Å². The van der Waals surface area contributed by atoms with Gasteiger partial charge in [-0.1, -0.05) is 12.1 Å². The standard InChI is InChI=1S/C22H20N4O3/c1-26-20(11-19(25-26)16-5-3-6-18(10-16)28-2)22(27)24-13-15-9-17(14-23-12-15)21-7-4-8-29-21/h3-12,14H,13H2,1-2H3,(H,24,27). The number of nitrogens with zero attached hydrogens (tertiary/aromatic N) is 3. The molecule has 0 radical (unpaired) electrons. The molecule has 0 aliphatic carbocycles. The van der Waals surface area contributed by atoms with E-state index in [1.165, 1.54) is 0 Å². The molecule has 1 aromatic carbocycles. The lowest BCUT2D eigenvalue weighted by atomic mass is 10.1. The van der Waals surface area contributed by atoms with Crippen LogP contribution >= 0.6 is 0 Å². The molecule has 1 amide bonds. The highest BCUT2D eigenvalue weighted by atomic mass is 16.5. The zero-order chi connectivity index (χ0) is 20.2. The molecule has 7 heteroatoms. The maximum Gasteiger partial charge on any atom is 0.269 e. The molecule has 0 unspecified atom stereocenters. The van der Waals surface area contributed by atoms with Crippen LogP contribution in [-0.2, 0) is 13.6 Å². The van der Waals surface area contributed by atoms with Crippen LogP contribution in [0.3, 0.4) is 0 Å². The number of furan rings is 1. The number of hydrogen-bond acceptors (Lipinski definition) is 5. The first-order chi connectivity index (χ1) is 14.1. The van der Waals surface area contributed by atoms with Gasteiger partial charge in [0.2, 0.25) is 0 Å². The van der Waals surface area contributed by atoms with Gasteiger partial charge < -0.3 is 14.5 Å². The highest BCUT2D eigenvalue weighted by molar-refractivity contribution is 5.93. The summed E-state index contributed by atoms with van der Waals surface area (Å²) in [5.74, 6) is 1.26. The first-order valence-electron chi connectivity index (χ1n) is 9.08. The maximum absolute atomic E-state index is 12.7. The molecule has 0 aliphatic heterocycles. The number of carbonyl (C=O) groups is 1. The fraction of sp³-hybridized carbons (Fsp3) is 0.136. The molecular weight excluding hydrogens is 368 g/mol. The van der Waals surface area contributed by atoms with E-state index >= 15 is 0 Å². The lowest BCUT2D eigenvalue weighted by Gasteiger charge is -2.06. The van der Waals surface area contributed by atoms with Crippen LogP contribution in [0.25, 0.3) is 22.6 Å². The normalized spacial score (nSPS) is 10.7. The molecule has 1 N–H and O–H groups in total. The van der Waals surface area contributed by atoms with Gasteiger partial charge in [-0.05, 0) is 42.0 Å². The van der Waals surface area contributed by atoms with E-state index in [1.807, 2.05) is 42.5 Å². The summed E-state index contributed by atoms with van der Waals surface area (Å²) < 4.78 is 12.2. The van der Waals surface area contributed by atoms with Gasteiger partial charge in [0, 0.05) is 37.1 Å². The third kappa shape index (κ3) is 4.03. The van der Waals surface area contributed by atoms with Gasteiger partial charge in [0.15, 0.2) is 0 Å². The van der Waals surface area contributed by atoms with Gasteiger partial charge in [-0.3, -0.25) is 14.5 Å². The van der Waals surface area contributed by atoms with Crippen LogP contribution in [0.1, 0.15) is 16.1 Å². The topological polar surface area (TPSA) is 82.2 Å². The molecule has 4 aromatic rings. The van der Waals surface area contributed by atoms with Crippen LogP contribution < -0.4 is 10.1 Å². The molecule has 0 fully saturated rings. The highest BCUT2D eigenvalue weighted by Crippen LogP contribution is 2.23. The molecule has 3 aromatic heterocycles. The number of hydrogen-bond donors (Lipinski definition) is 1. The SMILES string of the molecule is COc1cccc(-c2cc(C(=O)NCc3cncc(-c4ccco4)c3)n(C)n2)c1. The van der Waals surface area contributed by atoms with Gasteiger partial charge in [-0.25, -0.2) is 0 Å². The van der Waals surface area contributed by atoms with Crippen LogP contribution in [0.15, 0.2) is 71.6 Å². The predicted octanol–water partition coefficient (Wildman–Crippen LogP) is 3.68. The van der Waals surface area contributed by atoms with Gasteiger partial charge in [-0.15, -0.1) is 0 Å². The number of nitrogens with one attached hydrogen (secondary N) is 1. The Morgan fingerprint density at radius 1 is 1.14 bits per heavy atom. The fourth-order valence-corrected chi connectivity index (χ4v) is 3.04. The highest BCUT2D eigenvalue weighted by Gasteiger charge is 2.15. The Hall–Kier alpha value is -3.87. The zero-order valence-corrected chi connectivity index (χ0v) is 16.1. The van der Waals surface area contributed by atoms with Crippen LogP contribution in [0, 0.1) is 0 Å².